The highest BCUT2D eigenvalue weighted by atomic mass is 16.5. The van der Waals surface area contributed by atoms with Crippen molar-refractivity contribution in [2.75, 3.05) is 26.2 Å². The number of fused-ring (bicyclic) bond motifs is 1. The summed E-state index contributed by atoms with van der Waals surface area (Å²) in [5.74, 6) is 1.46. The molecule has 3 heterocycles. The van der Waals surface area contributed by atoms with Gasteiger partial charge >= 0.3 is 0 Å². The topological polar surface area (TPSA) is 45.7 Å². The first-order valence-corrected chi connectivity index (χ1v) is 11.3. The Morgan fingerprint density at radius 2 is 1.93 bits per heavy atom. The van der Waals surface area contributed by atoms with Crippen molar-refractivity contribution in [2.45, 2.75) is 57.6 Å². The Morgan fingerprint density at radius 1 is 1.17 bits per heavy atom. The molecule has 0 aliphatic carbocycles. The summed E-state index contributed by atoms with van der Waals surface area (Å²) in [5.41, 5.74) is 2.29. The van der Waals surface area contributed by atoms with E-state index in [1.165, 1.54) is 11.1 Å². The zero-order valence-electron chi connectivity index (χ0n) is 18.2. The number of rotatable bonds is 6. The molecule has 0 saturated carbocycles. The average molecular weight is 408 g/mol. The van der Waals surface area contributed by atoms with E-state index in [0.717, 1.165) is 57.7 Å². The molecular weight excluding hydrogens is 374 g/mol. The molecule has 1 fully saturated rings. The van der Waals surface area contributed by atoms with Crippen LogP contribution in [0, 0.1) is 0 Å². The van der Waals surface area contributed by atoms with E-state index < -0.39 is 0 Å². The summed E-state index contributed by atoms with van der Waals surface area (Å²) in [4.78, 5) is 21.6. The second-order valence-corrected chi connectivity index (χ2v) is 8.63. The molecule has 1 saturated heterocycles. The molecule has 1 spiro atoms. The number of hydrogen-bond donors (Lipinski definition) is 0. The van der Waals surface area contributed by atoms with Gasteiger partial charge in [-0.25, -0.2) is 0 Å². The Morgan fingerprint density at radius 3 is 2.63 bits per heavy atom. The van der Waals surface area contributed by atoms with Gasteiger partial charge in [0.25, 0.3) is 0 Å². The lowest BCUT2D eigenvalue weighted by Gasteiger charge is -2.47. The van der Waals surface area contributed by atoms with E-state index in [4.69, 9.17) is 4.74 Å². The van der Waals surface area contributed by atoms with Crippen molar-refractivity contribution in [3.05, 3.63) is 59.9 Å². The molecule has 1 unspecified atom stereocenters. The maximum absolute atomic E-state index is 12.9. The third kappa shape index (κ3) is 4.51. The summed E-state index contributed by atoms with van der Waals surface area (Å²) in [6, 6.07) is 12.5. The van der Waals surface area contributed by atoms with Gasteiger partial charge in [0, 0.05) is 57.5 Å². The van der Waals surface area contributed by atoms with Crippen molar-refractivity contribution in [3.63, 3.8) is 0 Å². The highest BCUT2D eigenvalue weighted by Crippen LogP contribution is 2.46. The van der Waals surface area contributed by atoms with Gasteiger partial charge in [0.2, 0.25) is 5.91 Å². The summed E-state index contributed by atoms with van der Waals surface area (Å²) >= 11 is 0. The fourth-order valence-electron chi connectivity index (χ4n) is 5.02. The van der Waals surface area contributed by atoms with Crippen LogP contribution >= 0.6 is 0 Å². The molecule has 30 heavy (non-hydrogen) atoms. The van der Waals surface area contributed by atoms with Crippen molar-refractivity contribution in [2.24, 2.45) is 0 Å². The van der Waals surface area contributed by atoms with E-state index in [9.17, 15) is 4.79 Å². The molecule has 4 rings (SSSR count). The number of aromatic nitrogens is 1. The van der Waals surface area contributed by atoms with Gasteiger partial charge in [-0.3, -0.25) is 14.7 Å². The van der Waals surface area contributed by atoms with Crippen molar-refractivity contribution in [1.82, 2.24) is 14.8 Å². The number of pyridine rings is 1. The first-order chi connectivity index (χ1) is 14.6. The fourth-order valence-corrected chi connectivity index (χ4v) is 5.02. The molecule has 2 aliphatic heterocycles. The molecule has 2 aromatic rings. The van der Waals surface area contributed by atoms with Gasteiger partial charge in [-0.15, -0.1) is 0 Å². The summed E-state index contributed by atoms with van der Waals surface area (Å²) in [6.45, 7) is 8.60. The van der Waals surface area contributed by atoms with Crippen LogP contribution in [-0.2, 0) is 11.3 Å². The number of hydrogen-bond acceptors (Lipinski definition) is 4. The summed E-state index contributed by atoms with van der Waals surface area (Å²) in [7, 11) is 0. The third-order valence-corrected chi connectivity index (χ3v) is 6.74. The molecule has 5 nitrogen and oxygen atoms in total. The smallest absolute Gasteiger partial charge is 0.223 e. The number of ether oxygens (including phenoxy) is 1. The number of para-hydroxylation sites is 1. The molecule has 1 amide bonds. The zero-order chi connectivity index (χ0) is 21.0. The number of piperidine rings is 1. The van der Waals surface area contributed by atoms with Crippen molar-refractivity contribution in [3.8, 4) is 5.75 Å². The second kappa shape index (κ2) is 9.17. The maximum Gasteiger partial charge on any atom is 0.223 e. The Kier molecular flexibility index (Phi) is 6.38. The molecule has 1 aromatic heterocycles. The van der Waals surface area contributed by atoms with Crippen LogP contribution in [0.4, 0.5) is 0 Å². The predicted molar refractivity (Wildman–Crippen MR) is 118 cm³/mol. The summed E-state index contributed by atoms with van der Waals surface area (Å²) < 4.78 is 6.62. The Bertz CT molecular complexity index is 842. The van der Waals surface area contributed by atoms with Crippen LogP contribution < -0.4 is 4.74 Å². The maximum atomic E-state index is 12.9. The van der Waals surface area contributed by atoms with Gasteiger partial charge in [-0.1, -0.05) is 24.3 Å². The first kappa shape index (κ1) is 20.9. The monoisotopic (exact) mass is 407 g/mol. The molecule has 1 aromatic carbocycles. The van der Waals surface area contributed by atoms with Crippen LogP contribution in [0.15, 0.2) is 48.8 Å². The number of carbonyl (C=O) groups excluding carboxylic acids is 1. The van der Waals surface area contributed by atoms with E-state index in [-0.39, 0.29) is 17.4 Å². The van der Waals surface area contributed by atoms with Crippen LogP contribution in [0.1, 0.15) is 56.6 Å². The van der Waals surface area contributed by atoms with Crippen molar-refractivity contribution in [1.29, 1.82) is 0 Å². The van der Waals surface area contributed by atoms with E-state index in [1.54, 1.807) is 0 Å². The van der Waals surface area contributed by atoms with Gasteiger partial charge in [-0.05, 0) is 56.4 Å². The van der Waals surface area contributed by atoms with Crippen LogP contribution in [0.3, 0.4) is 0 Å². The molecular formula is C25H33N3O2. The minimum Gasteiger partial charge on any atom is -0.487 e. The Labute approximate surface area is 180 Å². The SMILES string of the molecule is CCN(CC)C(=O)CC1CC2(CCN(Cc3cccnc3)CC2)Oc2ccccc21. The molecule has 2 aliphatic rings. The highest BCUT2D eigenvalue weighted by molar-refractivity contribution is 5.77. The minimum atomic E-state index is -0.159. The fraction of sp³-hybridized carbons (Fsp3) is 0.520. The van der Waals surface area contributed by atoms with E-state index >= 15 is 0 Å². The molecule has 1 atom stereocenters. The van der Waals surface area contributed by atoms with Crippen molar-refractivity contribution < 1.29 is 9.53 Å². The van der Waals surface area contributed by atoms with Crippen molar-refractivity contribution >= 4 is 5.91 Å². The number of nitrogens with zero attached hydrogens (tertiary/aromatic N) is 3. The van der Waals surface area contributed by atoms with Gasteiger partial charge in [0.05, 0.1) is 0 Å². The number of benzene rings is 1. The quantitative estimate of drug-likeness (QED) is 0.718. The summed E-state index contributed by atoms with van der Waals surface area (Å²) in [5, 5.41) is 0. The second-order valence-electron chi connectivity index (χ2n) is 8.63. The van der Waals surface area contributed by atoms with E-state index in [2.05, 4.69) is 48.0 Å². The lowest BCUT2D eigenvalue weighted by Crippen LogP contribution is -2.50. The summed E-state index contributed by atoms with van der Waals surface area (Å²) in [6.07, 6.45) is 7.27. The molecule has 0 bridgehead atoms. The number of carbonyl (C=O) groups is 1. The number of amides is 1. The zero-order valence-corrected chi connectivity index (χ0v) is 18.2. The molecule has 160 valence electrons. The first-order valence-electron chi connectivity index (χ1n) is 11.3. The van der Waals surface area contributed by atoms with E-state index in [1.807, 2.05) is 29.4 Å². The average Bonchev–Trinajstić information content (AvgIpc) is 2.77. The van der Waals surface area contributed by atoms with E-state index in [0.29, 0.717) is 6.42 Å². The Hall–Kier alpha value is -2.40. The van der Waals surface area contributed by atoms with Crippen LogP contribution in [0.25, 0.3) is 0 Å². The van der Waals surface area contributed by atoms with Gasteiger partial charge in [0.1, 0.15) is 11.4 Å². The minimum absolute atomic E-state index is 0.159. The highest BCUT2D eigenvalue weighted by Gasteiger charge is 2.43. The van der Waals surface area contributed by atoms with Gasteiger partial charge in [-0.2, -0.15) is 0 Å². The van der Waals surface area contributed by atoms with Crippen LogP contribution in [0.2, 0.25) is 0 Å². The molecule has 0 radical (unpaired) electrons. The lowest BCUT2D eigenvalue weighted by atomic mass is 9.76. The van der Waals surface area contributed by atoms with Crippen LogP contribution in [-0.4, -0.2) is 52.5 Å². The van der Waals surface area contributed by atoms with Crippen LogP contribution in [0.5, 0.6) is 5.75 Å². The van der Waals surface area contributed by atoms with Gasteiger partial charge in [0.15, 0.2) is 0 Å². The lowest BCUT2D eigenvalue weighted by molar-refractivity contribution is -0.131. The standard InChI is InChI=1S/C25H33N3O2/c1-3-28(4-2)24(29)16-21-17-25(30-23-10-6-5-9-22(21)23)11-14-27(15-12-25)19-20-8-7-13-26-18-20/h5-10,13,18,21H,3-4,11-12,14-17,19H2,1-2H3. The predicted octanol–water partition coefficient (Wildman–Crippen LogP) is 4.24. The Balaban J connectivity index is 1.47. The molecule has 0 N–H and O–H groups in total. The third-order valence-electron chi connectivity index (χ3n) is 6.74. The molecule has 5 heteroatoms. The normalized spacial score (nSPS) is 20.4. The van der Waals surface area contributed by atoms with Gasteiger partial charge < -0.3 is 9.64 Å². The largest absolute Gasteiger partial charge is 0.487 e. The number of likely N-dealkylation sites (tertiary alicyclic amines) is 1.